The monoisotopic (exact) mass is 373 g/mol. The quantitative estimate of drug-likeness (QED) is 0.308. The molecule has 0 saturated carbocycles. The molecule has 1 atom stereocenters. The van der Waals surface area contributed by atoms with Crippen molar-refractivity contribution in [1.82, 2.24) is 20.1 Å². The molecule has 27 heavy (non-hydrogen) atoms. The summed E-state index contributed by atoms with van der Waals surface area (Å²) in [5.41, 5.74) is 6.71. The van der Waals surface area contributed by atoms with Gasteiger partial charge in [0.05, 0.1) is 5.94 Å². The second-order valence-electron chi connectivity index (χ2n) is 6.57. The fourth-order valence-electron chi connectivity index (χ4n) is 2.82. The van der Waals surface area contributed by atoms with Crippen molar-refractivity contribution in [3.05, 3.63) is 48.0 Å². The highest BCUT2D eigenvalue weighted by molar-refractivity contribution is 6.43. The van der Waals surface area contributed by atoms with Crippen LogP contribution in [-0.2, 0) is 24.2 Å². The molecule has 0 aliphatic rings. The Morgan fingerprint density at radius 2 is 1.96 bits per heavy atom. The number of carbonyl (C=O) groups is 1. The van der Waals surface area contributed by atoms with E-state index in [-0.39, 0.29) is 12.5 Å². The molecule has 0 fully saturated rings. The summed E-state index contributed by atoms with van der Waals surface area (Å²) in [5, 5.41) is 25.7. The molecular weight excluding hydrogens is 345 g/mol. The third kappa shape index (κ3) is 7.90. The molecule has 0 saturated heterocycles. The van der Waals surface area contributed by atoms with Crippen molar-refractivity contribution in [2.24, 2.45) is 5.73 Å². The van der Waals surface area contributed by atoms with E-state index in [1.807, 2.05) is 18.2 Å². The Kier molecular flexibility index (Phi) is 8.96. The van der Waals surface area contributed by atoms with Gasteiger partial charge in [-0.3, -0.25) is 4.79 Å². The topological polar surface area (TPSA) is 126 Å². The molecule has 0 bridgehead atoms. The minimum absolute atomic E-state index is 0.00814. The van der Waals surface area contributed by atoms with E-state index in [1.165, 1.54) is 16.6 Å². The molecule has 0 spiro atoms. The van der Waals surface area contributed by atoms with Gasteiger partial charge in [-0.1, -0.05) is 36.8 Å². The van der Waals surface area contributed by atoms with Gasteiger partial charge in [0.2, 0.25) is 5.91 Å². The van der Waals surface area contributed by atoms with Crippen LogP contribution in [-0.4, -0.2) is 50.3 Å². The highest BCUT2D eigenvalue weighted by Gasteiger charge is 2.24. The number of aromatic nitrogens is 3. The second kappa shape index (κ2) is 11.5. The zero-order valence-electron chi connectivity index (χ0n) is 15.5. The fourth-order valence-corrected chi connectivity index (χ4v) is 2.82. The number of rotatable bonds is 12. The first-order chi connectivity index (χ1) is 13.1. The molecular formula is C18H28BN5O3. The van der Waals surface area contributed by atoms with Gasteiger partial charge in [0.1, 0.15) is 12.9 Å². The Hall–Kier alpha value is -2.23. The van der Waals surface area contributed by atoms with Gasteiger partial charge in [-0.05, 0) is 37.8 Å². The second-order valence-corrected chi connectivity index (χ2v) is 6.57. The number of amides is 1. The molecule has 1 heterocycles. The van der Waals surface area contributed by atoms with Gasteiger partial charge in [0, 0.05) is 6.42 Å². The van der Waals surface area contributed by atoms with Crippen LogP contribution in [0.25, 0.3) is 0 Å². The predicted octanol–water partition coefficient (Wildman–Crippen LogP) is 0.0792. The predicted molar refractivity (Wildman–Crippen MR) is 104 cm³/mol. The van der Waals surface area contributed by atoms with E-state index in [0.717, 1.165) is 25.7 Å². The summed E-state index contributed by atoms with van der Waals surface area (Å²) >= 11 is 0. The number of nitrogens with one attached hydrogen (secondary N) is 1. The normalized spacial score (nSPS) is 12.0. The summed E-state index contributed by atoms with van der Waals surface area (Å²) < 4.78 is 1.47. The first-order valence-electron chi connectivity index (χ1n) is 9.36. The third-order valence-corrected chi connectivity index (χ3v) is 4.27. The highest BCUT2D eigenvalue weighted by atomic mass is 16.4. The van der Waals surface area contributed by atoms with E-state index in [2.05, 4.69) is 27.5 Å². The Labute approximate surface area is 159 Å². The number of aryl methyl sites for hydroxylation is 2. The molecule has 0 aliphatic carbocycles. The van der Waals surface area contributed by atoms with E-state index < -0.39 is 13.1 Å². The van der Waals surface area contributed by atoms with Gasteiger partial charge in [-0.15, -0.1) is 0 Å². The van der Waals surface area contributed by atoms with Crippen molar-refractivity contribution in [3.63, 3.8) is 0 Å². The number of benzene rings is 1. The zero-order chi connectivity index (χ0) is 19.5. The van der Waals surface area contributed by atoms with Crippen molar-refractivity contribution in [2.75, 3.05) is 6.54 Å². The summed E-state index contributed by atoms with van der Waals surface area (Å²) in [6.45, 7) is 0.528. The van der Waals surface area contributed by atoms with E-state index >= 15 is 0 Å². The Morgan fingerprint density at radius 1 is 1.19 bits per heavy atom. The standard InChI is InChI=1S/C18H28BN5O3/c20-12-5-4-10-16(19(26)27)22-18(25)13-24-14-21-17(23-24)11-6-9-15-7-2-1-3-8-15/h1-3,7-8,14,16,26-27H,4-6,9-13,20H2,(H,22,25)/t16-/m0/s1. The molecule has 146 valence electrons. The smallest absolute Gasteiger partial charge is 0.426 e. The number of nitrogens with two attached hydrogens (primary N) is 1. The van der Waals surface area contributed by atoms with E-state index in [1.54, 1.807) is 0 Å². The summed E-state index contributed by atoms with van der Waals surface area (Å²) in [6.07, 6.45) is 6.09. The number of hydrogen-bond donors (Lipinski definition) is 4. The maximum absolute atomic E-state index is 12.1. The SMILES string of the molecule is NCCCC[C@H](NC(=O)Cn1cnc(CCCc2ccccc2)n1)B(O)O. The first-order valence-corrected chi connectivity index (χ1v) is 9.36. The van der Waals surface area contributed by atoms with Crippen LogP contribution in [0.2, 0.25) is 0 Å². The van der Waals surface area contributed by atoms with Crippen molar-refractivity contribution in [2.45, 2.75) is 51.0 Å². The first kappa shape index (κ1) is 21.1. The van der Waals surface area contributed by atoms with Crippen molar-refractivity contribution < 1.29 is 14.8 Å². The minimum atomic E-state index is -1.60. The summed E-state index contributed by atoms with van der Waals surface area (Å²) in [5.74, 6) is -0.347. The molecule has 0 unspecified atom stereocenters. The summed E-state index contributed by atoms with van der Waals surface area (Å²) in [6, 6.07) is 10.2. The van der Waals surface area contributed by atoms with Crippen LogP contribution >= 0.6 is 0 Å². The van der Waals surface area contributed by atoms with Crippen LogP contribution in [0.1, 0.15) is 37.1 Å². The Balaban J connectivity index is 1.75. The largest absolute Gasteiger partial charge is 0.475 e. The molecule has 0 aliphatic heterocycles. The number of unbranched alkanes of at least 4 members (excludes halogenated alkanes) is 1. The Morgan fingerprint density at radius 3 is 2.67 bits per heavy atom. The van der Waals surface area contributed by atoms with Crippen molar-refractivity contribution in [3.8, 4) is 0 Å². The zero-order valence-corrected chi connectivity index (χ0v) is 15.5. The number of nitrogens with zero attached hydrogens (tertiary/aromatic N) is 3. The summed E-state index contributed by atoms with van der Waals surface area (Å²) in [4.78, 5) is 16.4. The van der Waals surface area contributed by atoms with Crippen LogP contribution in [0.5, 0.6) is 0 Å². The van der Waals surface area contributed by atoms with Gasteiger partial charge in [0.15, 0.2) is 5.82 Å². The van der Waals surface area contributed by atoms with E-state index in [4.69, 9.17) is 5.73 Å². The fraction of sp³-hybridized carbons (Fsp3) is 0.500. The van der Waals surface area contributed by atoms with Gasteiger partial charge >= 0.3 is 7.12 Å². The minimum Gasteiger partial charge on any atom is -0.426 e. The molecule has 2 rings (SSSR count). The van der Waals surface area contributed by atoms with Gasteiger partial charge in [-0.25, -0.2) is 9.67 Å². The molecule has 1 aromatic heterocycles. The lowest BCUT2D eigenvalue weighted by Crippen LogP contribution is -2.47. The summed E-state index contributed by atoms with van der Waals surface area (Å²) in [7, 11) is -1.60. The van der Waals surface area contributed by atoms with E-state index in [0.29, 0.717) is 25.2 Å². The lowest BCUT2D eigenvalue weighted by atomic mass is 9.76. The molecule has 8 nitrogen and oxygen atoms in total. The average molecular weight is 373 g/mol. The molecule has 9 heteroatoms. The number of carbonyl (C=O) groups excluding carboxylic acids is 1. The molecule has 5 N–H and O–H groups in total. The van der Waals surface area contributed by atoms with Crippen molar-refractivity contribution >= 4 is 13.0 Å². The van der Waals surface area contributed by atoms with Crippen LogP contribution in [0.4, 0.5) is 0 Å². The van der Waals surface area contributed by atoms with Gasteiger partial charge in [-0.2, -0.15) is 5.10 Å². The maximum Gasteiger partial charge on any atom is 0.475 e. The number of hydrogen-bond acceptors (Lipinski definition) is 6. The van der Waals surface area contributed by atoms with Gasteiger partial charge in [0.25, 0.3) is 0 Å². The molecule has 2 aromatic rings. The highest BCUT2D eigenvalue weighted by Crippen LogP contribution is 2.06. The van der Waals surface area contributed by atoms with Gasteiger partial charge < -0.3 is 21.1 Å². The van der Waals surface area contributed by atoms with Crippen LogP contribution in [0, 0.1) is 0 Å². The molecule has 1 amide bonds. The van der Waals surface area contributed by atoms with E-state index in [9.17, 15) is 14.8 Å². The third-order valence-electron chi connectivity index (χ3n) is 4.27. The van der Waals surface area contributed by atoms with Crippen LogP contribution in [0.3, 0.4) is 0 Å². The maximum atomic E-state index is 12.1. The van der Waals surface area contributed by atoms with Crippen LogP contribution < -0.4 is 11.1 Å². The molecule has 0 radical (unpaired) electrons. The average Bonchev–Trinajstić information content (AvgIpc) is 3.09. The lowest BCUT2D eigenvalue weighted by Gasteiger charge is -2.17. The van der Waals surface area contributed by atoms with Crippen LogP contribution in [0.15, 0.2) is 36.7 Å². The Bertz CT molecular complexity index is 681. The lowest BCUT2D eigenvalue weighted by molar-refractivity contribution is -0.122. The molecule has 1 aromatic carbocycles. The van der Waals surface area contributed by atoms with Crippen molar-refractivity contribution in [1.29, 1.82) is 0 Å².